The highest BCUT2D eigenvalue weighted by Crippen LogP contribution is 2.33. The number of methoxy groups -OCH3 is 1. The van der Waals surface area contributed by atoms with E-state index in [-0.39, 0.29) is 29.8 Å². The van der Waals surface area contributed by atoms with Crippen LogP contribution in [0.5, 0.6) is 0 Å². The molecule has 1 aliphatic rings. The number of nitrogens with one attached hydrogen (secondary N) is 1. The second kappa shape index (κ2) is 11.1. The van der Waals surface area contributed by atoms with Crippen LogP contribution in [-0.4, -0.2) is 38.6 Å². The largest absolute Gasteiger partial charge is 0.469 e. The van der Waals surface area contributed by atoms with Gasteiger partial charge in [-0.3, -0.25) is 9.36 Å². The molecule has 5 aromatic rings. The van der Waals surface area contributed by atoms with Gasteiger partial charge in [0.1, 0.15) is 17.2 Å². The van der Waals surface area contributed by atoms with Crippen molar-refractivity contribution in [1.29, 1.82) is 0 Å². The van der Waals surface area contributed by atoms with Crippen LogP contribution < -0.4 is 11.1 Å². The molecular weight excluding hydrogens is 519 g/mol. The molecule has 9 heteroatoms. The Bertz CT molecular complexity index is 1720. The first-order valence-corrected chi connectivity index (χ1v) is 13.7. The number of carbonyl (C=O) groups excluding carboxylic acids is 1. The van der Waals surface area contributed by atoms with Crippen LogP contribution in [0, 0.1) is 11.7 Å². The number of imidazole rings is 1. The number of nitrogen functional groups attached to an aromatic ring is 1. The number of hydrogen-bond acceptors (Lipinski definition) is 7. The van der Waals surface area contributed by atoms with Gasteiger partial charge in [0, 0.05) is 29.4 Å². The Morgan fingerprint density at radius 2 is 1.90 bits per heavy atom. The average Bonchev–Trinajstić information content (AvgIpc) is 3.61. The zero-order valence-corrected chi connectivity index (χ0v) is 22.9. The van der Waals surface area contributed by atoms with E-state index in [1.54, 1.807) is 18.3 Å². The van der Waals surface area contributed by atoms with Crippen molar-refractivity contribution >= 4 is 23.0 Å². The number of rotatable bonds is 7. The summed E-state index contributed by atoms with van der Waals surface area (Å²) < 4.78 is 22.5. The van der Waals surface area contributed by atoms with Crippen LogP contribution in [0.2, 0.25) is 0 Å². The number of nitrogens with two attached hydrogens (primary N) is 1. The molecule has 3 unspecified atom stereocenters. The van der Waals surface area contributed by atoms with Gasteiger partial charge in [-0.15, -0.1) is 0 Å². The third-order valence-electron chi connectivity index (χ3n) is 7.82. The smallest absolute Gasteiger partial charge is 0.308 e. The average molecular weight is 551 g/mol. The van der Waals surface area contributed by atoms with Gasteiger partial charge < -0.3 is 15.8 Å². The summed E-state index contributed by atoms with van der Waals surface area (Å²) in [5.74, 6) is 0.207. The highest BCUT2D eigenvalue weighted by Gasteiger charge is 2.31. The van der Waals surface area contributed by atoms with E-state index in [0.29, 0.717) is 46.0 Å². The lowest BCUT2D eigenvalue weighted by Gasteiger charge is -2.21. The summed E-state index contributed by atoms with van der Waals surface area (Å²) in [4.78, 5) is 26.0. The quantitative estimate of drug-likeness (QED) is 0.244. The summed E-state index contributed by atoms with van der Waals surface area (Å²) in [6, 6.07) is 22.4. The summed E-state index contributed by atoms with van der Waals surface area (Å²) in [6.07, 6.45) is 3.92. The number of nitrogens with zero attached hydrogens (tertiary/aromatic N) is 4. The van der Waals surface area contributed by atoms with E-state index in [1.807, 2.05) is 66.1 Å². The molecular formula is C32H31FN6O2. The van der Waals surface area contributed by atoms with Crippen molar-refractivity contribution in [3.63, 3.8) is 0 Å². The van der Waals surface area contributed by atoms with Crippen LogP contribution in [0.1, 0.15) is 37.8 Å². The first-order chi connectivity index (χ1) is 19.9. The van der Waals surface area contributed by atoms with Crippen molar-refractivity contribution in [1.82, 2.24) is 24.8 Å². The second-order valence-electron chi connectivity index (χ2n) is 10.4. The van der Waals surface area contributed by atoms with Crippen LogP contribution in [0.3, 0.4) is 0 Å². The Labute approximate surface area is 237 Å². The number of pyridine rings is 2. The van der Waals surface area contributed by atoms with E-state index in [0.717, 1.165) is 24.1 Å². The van der Waals surface area contributed by atoms with Gasteiger partial charge in [0.15, 0.2) is 11.5 Å². The molecule has 8 nitrogen and oxygen atoms in total. The van der Waals surface area contributed by atoms with Crippen molar-refractivity contribution in [2.24, 2.45) is 5.92 Å². The Morgan fingerprint density at radius 1 is 1.07 bits per heavy atom. The summed E-state index contributed by atoms with van der Waals surface area (Å²) >= 11 is 0. The van der Waals surface area contributed by atoms with Gasteiger partial charge >= 0.3 is 5.97 Å². The van der Waals surface area contributed by atoms with Crippen molar-refractivity contribution in [3.8, 4) is 28.3 Å². The van der Waals surface area contributed by atoms with Crippen molar-refractivity contribution in [2.45, 2.75) is 38.3 Å². The minimum absolute atomic E-state index is 0.113. The third kappa shape index (κ3) is 5.16. The van der Waals surface area contributed by atoms with Crippen molar-refractivity contribution < 1.29 is 13.9 Å². The molecule has 3 N–H and O–H groups in total. The lowest BCUT2D eigenvalue weighted by molar-refractivity contribution is -0.145. The summed E-state index contributed by atoms with van der Waals surface area (Å²) in [5, 5.41) is 3.50. The fraction of sp³-hybridized carbons (Fsp3) is 0.250. The van der Waals surface area contributed by atoms with Crippen LogP contribution >= 0.6 is 0 Å². The molecule has 0 radical (unpaired) electrons. The fourth-order valence-corrected chi connectivity index (χ4v) is 5.72. The number of benzene rings is 2. The summed E-state index contributed by atoms with van der Waals surface area (Å²) in [6.45, 7) is 1.94. The maximum absolute atomic E-state index is 15.8. The standard InChI is InChI=1S/C32H31FN6O2/c1-19(36-22-11-10-21(17-22)32(40)41-2)24-13-12-23(18-26(24)33)39-30(25-9-6-16-35-29(25)34)38-28-15-14-27(37-31(28)39)20-7-4-3-5-8-20/h3-9,12-16,18-19,21-22,36H,10-11,17H2,1-2H3,(H2,34,35). The number of hydrogen-bond donors (Lipinski definition) is 2. The maximum Gasteiger partial charge on any atom is 0.308 e. The number of anilines is 1. The van der Waals surface area contributed by atoms with Gasteiger partial charge in [-0.1, -0.05) is 36.4 Å². The Balaban J connectivity index is 1.39. The van der Waals surface area contributed by atoms with Gasteiger partial charge in [-0.05, 0) is 62.6 Å². The predicted molar refractivity (Wildman–Crippen MR) is 157 cm³/mol. The first-order valence-electron chi connectivity index (χ1n) is 13.7. The highest BCUT2D eigenvalue weighted by molar-refractivity contribution is 5.84. The number of fused-ring (bicyclic) bond motifs is 1. The molecule has 0 aliphatic heterocycles. The lowest BCUT2D eigenvalue weighted by Crippen LogP contribution is -2.30. The van der Waals surface area contributed by atoms with Gasteiger partial charge in [0.2, 0.25) is 0 Å². The number of halogens is 1. The second-order valence-corrected chi connectivity index (χ2v) is 10.4. The van der Waals surface area contributed by atoms with E-state index in [1.165, 1.54) is 13.2 Å². The van der Waals surface area contributed by atoms with E-state index in [4.69, 9.17) is 20.4 Å². The van der Waals surface area contributed by atoms with E-state index < -0.39 is 0 Å². The Hall–Kier alpha value is -4.63. The zero-order chi connectivity index (χ0) is 28.5. The van der Waals surface area contributed by atoms with Crippen LogP contribution in [0.25, 0.3) is 39.5 Å². The van der Waals surface area contributed by atoms with E-state index >= 15 is 4.39 Å². The lowest BCUT2D eigenvalue weighted by atomic mass is 10.0. The Morgan fingerprint density at radius 3 is 2.66 bits per heavy atom. The van der Waals surface area contributed by atoms with Crippen molar-refractivity contribution in [2.75, 3.05) is 12.8 Å². The minimum Gasteiger partial charge on any atom is -0.469 e. The molecule has 6 rings (SSSR count). The zero-order valence-electron chi connectivity index (χ0n) is 22.9. The molecule has 41 heavy (non-hydrogen) atoms. The van der Waals surface area contributed by atoms with Crippen molar-refractivity contribution in [3.05, 3.63) is 90.4 Å². The van der Waals surface area contributed by atoms with E-state index in [9.17, 15) is 4.79 Å². The van der Waals surface area contributed by atoms with Gasteiger partial charge in [0.25, 0.3) is 0 Å². The van der Waals surface area contributed by atoms with Gasteiger partial charge in [0.05, 0.1) is 30.0 Å². The van der Waals surface area contributed by atoms with Crippen LogP contribution in [0.15, 0.2) is 79.0 Å². The Kier molecular flexibility index (Phi) is 7.19. The number of esters is 1. The molecule has 0 amide bonds. The molecule has 208 valence electrons. The minimum atomic E-state index is -0.351. The highest BCUT2D eigenvalue weighted by atomic mass is 19.1. The molecule has 2 aromatic carbocycles. The van der Waals surface area contributed by atoms with Crippen LogP contribution in [-0.2, 0) is 9.53 Å². The monoisotopic (exact) mass is 550 g/mol. The number of carbonyl (C=O) groups is 1. The molecule has 1 fully saturated rings. The first kappa shape index (κ1) is 26.6. The van der Waals surface area contributed by atoms with Gasteiger partial charge in [-0.2, -0.15) is 0 Å². The molecule has 3 aromatic heterocycles. The molecule has 0 saturated heterocycles. The predicted octanol–water partition coefficient (Wildman–Crippen LogP) is 5.86. The van der Waals surface area contributed by atoms with E-state index in [2.05, 4.69) is 10.3 Å². The SMILES string of the molecule is COC(=O)C1CCC(NC(C)c2ccc(-n3c(-c4cccnc4N)nc4ccc(-c5ccccc5)nc43)cc2F)C1. The number of ether oxygens (including phenoxy) is 1. The third-order valence-corrected chi connectivity index (χ3v) is 7.82. The van der Waals surface area contributed by atoms with Crippen LogP contribution in [0.4, 0.5) is 10.2 Å². The summed E-state index contributed by atoms with van der Waals surface area (Å²) in [5.41, 5.74) is 11.0. The molecule has 0 bridgehead atoms. The maximum atomic E-state index is 15.8. The molecule has 1 aliphatic carbocycles. The number of aromatic nitrogens is 4. The molecule has 1 saturated carbocycles. The van der Waals surface area contributed by atoms with Gasteiger partial charge in [-0.25, -0.2) is 19.3 Å². The molecule has 0 spiro atoms. The molecule has 3 atom stereocenters. The normalized spacial score (nSPS) is 17.5. The molecule has 3 heterocycles. The fourth-order valence-electron chi connectivity index (χ4n) is 5.72. The summed E-state index contributed by atoms with van der Waals surface area (Å²) in [7, 11) is 1.41. The topological polar surface area (TPSA) is 108 Å².